The summed E-state index contributed by atoms with van der Waals surface area (Å²) in [6.45, 7) is 12.5. The van der Waals surface area contributed by atoms with Crippen LogP contribution in [0.3, 0.4) is 0 Å². The predicted octanol–water partition coefficient (Wildman–Crippen LogP) is 3.71. The number of carboxylic acids is 1. The number of anilines is 1. The molecular weight excluding hydrogens is 240 g/mol. The van der Waals surface area contributed by atoms with E-state index in [0.717, 1.165) is 6.42 Å². The summed E-state index contributed by atoms with van der Waals surface area (Å²) in [5, 5.41) is 12.4. The minimum absolute atomic E-state index is 0.144. The molecule has 0 amide bonds. The Hall–Kier alpha value is -1.58. The summed E-state index contributed by atoms with van der Waals surface area (Å²) >= 11 is 0. The number of aromatic carboxylic acids is 1. The fourth-order valence-electron chi connectivity index (χ4n) is 2.57. The molecule has 4 nitrogen and oxygen atoms in total. The molecule has 0 aliphatic heterocycles. The van der Waals surface area contributed by atoms with Crippen LogP contribution in [0.25, 0.3) is 0 Å². The summed E-state index contributed by atoms with van der Waals surface area (Å²) in [5.74, 6) is -0.311. The van der Waals surface area contributed by atoms with Gasteiger partial charge in [-0.3, -0.25) is 0 Å². The van der Waals surface area contributed by atoms with Crippen LogP contribution >= 0.6 is 0 Å². The van der Waals surface area contributed by atoms with Crippen LogP contribution in [0, 0.1) is 12.3 Å². The Morgan fingerprint density at radius 2 is 1.84 bits per heavy atom. The monoisotopic (exact) mass is 264 g/mol. The zero-order chi connectivity index (χ0) is 14.8. The molecule has 0 fully saturated rings. The number of carbonyl (C=O) groups is 1. The zero-order valence-electron chi connectivity index (χ0n) is 12.7. The van der Waals surface area contributed by atoms with Crippen LogP contribution in [0.1, 0.15) is 57.1 Å². The molecule has 4 heteroatoms. The van der Waals surface area contributed by atoms with Crippen LogP contribution < -0.4 is 5.32 Å². The van der Waals surface area contributed by atoms with Crippen molar-refractivity contribution in [3.05, 3.63) is 23.4 Å². The number of pyridine rings is 1. The van der Waals surface area contributed by atoms with Gasteiger partial charge in [-0.15, -0.1) is 0 Å². The van der Waals surface area contributed by atoms with Gasteiger partial charge in [0.05, 0.1) is 5.56 Å². The molecule has 2 N–H and O–H groups in total. The summed E-state index contributed by atoms with van der Waals surface area (Å²) in [6, 6.07) is 3.16. The van der Waals surface area contributed by atoms with Crippen molar-refractivity contribution >= 4 is 11.8 Å². The van der Waals surface area contributed by atoms with E-state index < -0.39 is 5.97 Å². The average Bonchev–Trinajstić information content (AvgIpc) is 2.10. The highest BCUT2D eigenvalue weighted by molar-refractivity contribution is 5.88. The molecule has 19 heavy (non-hydrogen) atoms. The lowest BCUT2D eigenvalue weighted by Gasteiger charge is -2.33. The third-order valence-electron chi connectivity index (χ3n) is 2.64. The molecule has 1 aromatic rings. The van der Waals surface area contributed by atoms with Crippen molar-refractivity contribution < 1.29 is 9.90 Å². The van der Waals surface area contributed by atoms with Gasteiger partial charge in [0, 0.05) is 11.2 Å². The molecule has 0 aromatic carbocycles. The third-order valence-corrected chi connectivity index (χ3v) is 2.64. The van der Waals surface area contributed by atoms with Crippen LogP contribution in [-0.2, 0) is 0 Å². The molecule has 106 valence electrons. The SMILES string of the molecule is Cc1cc(C(=O)O)cc(NC(C)(C)CC(C)(C)C)n1. The first-order valence-corrected chi connectivity index (χ1v) is 6.49. The number of hydrogen-bond acceptors (Lipinski definition) is 3. The maximum Gasteiger partial charge on any atom is 0.335 e. The van der Waals surface area contributed by atoms with Gasteiger partial charge in [0.2, 0.25) is 0 Å². The van der Waals surface area contributed by atoms with E-state index in [1.54, 1.807) is 19.1 Å². The molecule has 0 saturated heterocycles. The Kier molecular flexibility index (Phi) is 4.23. The molecule has 0 unspecified atom stereocenters. The van der Waals surface area contributed by atoms with Crippen molar-refractivity contribution in [2.45, 2.75) is 53.5 Å². The molecule has 0 saturated carbocycles. The number of aryl methyl sites for hydroxylation is 1. The fourth-order valence-corrected chi connectivity index (χ4v) is 2.57. The lowest BCUT2D eigenvalue weighted by Crippen LogP contribution is -2.35. The van der Waals surface area contributed by atoms with Crippen molar-refractivity contribution in [2.75, 3.05) is 5.32 Å². The Balaban J connectivity index is 2.96. The second kappa shape index (κ2) is 5.19. The molecule has 0 spiro atoms. The minimum atomic E-state index is -0.929. The second-order valence-electron chi connectivity index (χ2n) is 6.93. The highest BCUT2D eigenvalue weighted by Gasteiger charge is 2.25. The molecule has 0 radical (unpaired) electrons. The lowest BCUT2D eigenvalue weighted by atomic mass is 9.82. The number of nitrogens with one attached hydrogen (secondary N) is 1. The molecule has 0 atom stereocenters. The fraction of sp³-hybridized carbons (Fsp3) is 0.600. The van der Waals surface area contributed by atoms with Crippen LogP contribution in [-0.4, -0.2) is 21.6 Å². The van der Waals surface area contributed by atoms with Gasteiger partial charge < -0.3 is 10.4 Å². The van der Waals surface area contributed by atoms with E-state index >= 15 is 0 Å². The Labute approximate surface area is 115 Å². The van der Waals surface area contributed by atoms with Gasteiger partial charge in [0.25, 0.3) is 0 Å². The Bertz CT molecular complexity index is 474. The van der Waals surface area contributed by atoms with Gasteiger partial charge in [0.15, 0.2) is 0 Å². The number of aromatic nitrogens is 1. The van der Waals surface area contributed by atoms with E-state index in [2.05, 4.69) is 44.9 Å². The number of hydrogen-bond donors (Lipinski definition) is 2. The number of rotatable bonds is 4. The van der Waals surface area contributed by atoms with E-state index in [-0.39, 0.29) is 16.5 Å². The van der Waals surface area contributed by atoms with Crippen molar-refractivity contribution in [1.29, 1.82) is 0 Å². The van der Waals surface area contributed by atoms with Crippen LogP contribution in [0.15, 0.2) is 12.1 Å². The van der Waals surface area contributed by atoms with Crippen LogP contribution in [0.4, 0.5) is 5.82 Å². The summed E-state index contributed by atoms with van der Waals surface area (Å²) in [5.41, 5.74) is 1.01. The quantitative estimate of drug-likeness (QED) is 0.870. The van der Waals surface area contributed by atoms with E-state index in [1.807, 2.05) is 0 Å². The highest BCUT2D eigenvalue weighted by Crippen LogP contribution is 2.29. The van der Waals surface area contributed by atoms with Gasteiger partial charge in [0.1, 0.15) is 5.82 Å². The summed E-state index contributed by atoms with van der Waals surface area (Å²) in [6.07, 6.45) is 0.956. The number of nitrogens with zero attached hydrogens (tertiary/aromatic N) is 1. The second-order valence-corrected chi connectivity index (χ2v) is 6.93. The summed E-state index contributed by atoms with van der Waals surface area (Å²) < 4.78 is 0. The van der Waals surface area contributed by atoms with Crippen LogP contribution in [0.2, 0.25) is 0 Å². The minimum Gasteiger partial charge on any atom is -0.478 e. The van der Waals surface area contributed by atoms with Gasteiger partial charge in [-0.05, 0) is 44.7 Å². The van der Waals surface area contributed by atoms with Crippen molar-refractivity contribution in [3.63, 3.8) is 0 Å². The van der Waals surface area contributed by atoms with Crippen molar-refractivity contribution in [1.82, 2.24) is 4.98 Å². The standard InChI is InChI=1S/C15H24N2O2/c1-10-7-11(13(18)19)8-12(16-10)17-15(5,6)9-14(2,3)4/h7-8H,9H2,1-6H3,(H,16,17)(H,18,19). The van der Waals surface area contributed by atoms with Crippen molar-refractivity contribution in [3.8, 4) is 0 Å². The normalized spacial score (nSPS) is 12.3. The summed E-state index contributed by atoms with van der Waals surface area (Å²) in [7, 11) is 0. The number of carboxylic acid groups (broad SMARTS) is 1. The topological polar surface area (TPSA) is 62.2 Å². The van der Waals surface area contributed by atoms with E-state index in [4.69, 9.17) is 5.11 Å². The third kappa shape index (κ3) is 5.28. The maximum atomic E-state index is 11.0. The van der Waals surface area contributed by atoms with Crippen LogP contribution in [0.5, 0.6) is 0 Å². The van der Waals surface area contributed by atoms with Gasteiger partial charge in [-0.25, -0.2) is 9.78 Å². The highest BCUT2D eigenvalue weighted by atomic mass is 16.4. The van der Waals surface area contributed by atoms with Crippen molar-refractivity contribution in [2.24, 2.45) is 5.41 Å². The Morgan fingerprint density at radius 3 is 2.32 bits per heavy atom. The predicted molar refractivity (Wildman–Crippen MR) is 77.7 cm³/mol. The smallest absolute Gasteiger partial charge is 0.335 e. The molecule has 0 aliphatic carbocycles. The molecule has 1 heterocycles. The van der Waals surface area contributed by atoms with Gasteiger partial charge in [-0.1, -0.05) is 20.8 Å². The first-order chi connectivity index (χ1) is 8.48. The van der Waals surface area contributed by atoms with Gasteiger partial charge >= 0.3 is 5.97 Å². The van der Waals surface area contributed by atoms with Gasteiger partial charge in [-0.2, -0.15) is 0 Å². The van der Waals surface area contributed by atoms with E-state index in [9.17, 15) is 4.79 Å². The maximum absolute atomic E-state index is 11.0. The first kappa shape index (κ1) is 15.5. The molecule has 1 rings (SSSR count). The lowest BCUT2D eigenvalue weighted by molar-refractivity contribution is 0.0696. The molecule has 0 aliphatic rings. The summed E-state index contributed by atoms with van der Waals surface area (Å²) in [4.78, 5) is 15.4. The first-order valence-electron chi connectivity index (χ1n) is 6.49. The molecule has 1 aromatic heterocycles. The molecule has 0 bridgehead atoms. The van der Waals surface area contributed by atoms with E-state index in [1.165, 1.54) is 0 Å². The van der Waals surface area contributed by atoms with E-state index in [0.29, 0.717) is 11.5 Å². The zero-order valence-corrected chi connectivity index (χ0v) is 12.7. The average molecular weight is 264 g/mol. The largest absolute Gasteiger partial charge is 0.478 e. The molecular formula is C15H24N2O2. The Morgan fingerprint density at radius 1 is 1.26 bits per heavy atom.